The summed E-state index contributed by atoms with van der Waals surface area (Å²) < 4.78 is 0. The molecule has 0 aliphatic rings. The predicted molar refractivity (Wildman–Crippen MR) is 90.4 cm³/mol. The van der Waals surface area contributed by atoms with Gasteiger partial charge in [-0.05, 0) is 36.4 Å². The lowest BCUT2D eigenvalue weighted by Gasteiger charge is -1.99. The number of carbonyl (C=O) groups is 1. The van der Waals surface area contributed by atoms with E-state index in [0.717, 1.165) is 40.1 Å². The molecule has 0 aliphatic carbocycles. The van der Waals surface area contributed by atoms with E-state index < -0.39 is 0 Å². The van der Waals surface area contributed by atoms with Gasteiger partial charge in [-0.25, -0.2) is 4.98 Å². The number of nitrogen functional groups attached to an aromatic ring is 1. The van der Waals surface area contributed by atoms with E-state index in [4.69, 9.17) is 5.73 Å². The summed E-state index contributed by atoms with van der Waals surface area (Å²) in [6, 6.07) is 7.71. The maximum atomic E-state index is 12.5. The van der Waals surface area contributed by atoms with Crippen molar-refractivity contribution in [1.29, 1.82) is 0 Å². The number of fused-ring (bicyclic) bond motifs is 1. The van der Waals surface area contributed by atoms with Crippen LogP contribution < -0.4 is 5.73 Å². The number of carbonyl (C=O) groups excluding carboxylic acids is 1. The van der Waals surface area contributed by atoms with Crippen molar-refractivity contribution in [3.8, 4) is 0 Å². The zero-order valence-electron chi connectivity index (χ0n) is 11.8. The Balaban J connectivity index is 2.01. The van der Waals surface area contributed by atoms with Crippen LogP contribution in [0.1, 0.15) is 40.0 Å². The second kappa shape index (κ2) is 5.95. The number of unbranched alkanes of at least 4 members (excludes halogenated alkanes) is 1. The number of hydrogen-bond donors (Lipinski definition) is 1. The van der Waals surface area contributed by atoms with Gasteiger partial charge in [-0.15, -0.1) is 22.7 Å². The number of nitrogens with two attached hydrogens (primary N) is 1. The molecule has 0 fully saturated rings. The molecule has 108 valence electrons. The number of aromatic nitrogens is 1. The van der Waals surface area contributed by atoms with E-state index in [-0.39, 0.29) is 5.78 Å². The first-order valence-corrected chi connectivity index (χ1v) is 8.66. The van der Waals surface area contributed by atoms with Crippen LogP contribution in [0.25, 0.3) is 10.2 Å². The van der Waals surface area contributed by atoms with Gasteiger partial charge in [0.2, 0.25) is 5.78 Å². The number of rotatable bonds is 5. The molecular formula is C16H16N2OS2. The Labute approximate surface area is 131 Å². The first-order valence-electron chi connectivity index (χ1n) is 6.96. The Morgan fingerprint density at radius 2 is 2.19 bits per heavy atom. The minimum absolute atomic E-state index is 0.000563. The molecule has 3 aromatic rings. The van der Waals surface area contributed by atoms with Crippen molar-refractivity contribution >= 4 is 44.4 Å². The van der Waals surface area contributed by atoms with Crippen molar-refractivity contribution in [2.75, 3.05) is 5.73 Å². The molecule has 0 aliphatic heterocycles. The largest absolute Gasteiger partial charge is 0.397 e. The average molecular weight is 316 g/mol. The van der Waals surface area contributed by atoms with Gasteiger partial charge in [0.25, 0.3) is 0 Å². The Kier molecular flexibility index (Phi) is 4.03. The van der Waals surface area contributed by atoms with Gasteiger partial charge in [0, 0.05) is 11.1 Å². The Morgan fingerprint density at radius 3 is 2.90 bits per heavy atom. The van der Waals surface area contributed by atoms with Crippen LogP contribution in [0.4, 0.5) is 5.69 Å². The summed E-state index contributed by atoms with van der Waals surface area (Å²) in [5, 5.41) is 2.79. The van der Waals surface area contributed by atoms with E-state index >= 15 is 0 Å². The average Bonchev–Trinajstić information content (AvgIpc) is 3.13. The standard InChI is InChI=1S/C16H16N2OS2/c1-2-3-5-10-7-8-11-13(17)15(21-16(11)18-10)14(19)12-6-4-9-20-12/h4,6-9H,2-3,5,17H2,1H3. The SMILES string of the molecule is CCCCc1ccc2c(N)c(C(=O)c3cccs3)sc2n1. The first-order chi connectivity index (χ1) is 10.2. The minimum atomic E-state index is 0.000563. The minimum Gasteiger partial charge on any atom is -0.397 e. The molecule has 0 radical (unpaired) electrons. The van der Waals surface area contributed by atoms with Crippen molar-refractivity contribution in [1.82, 2.24) is 4.98 Å². The normalized spacial score (nSPS) is 11.1. The number of anilines is 1. The maximum Gasteiger partial charge on any atom is 0.215 e. The third-order valence-corrected chi connectivity index (χ3v) is 5.37. The molecule has 0 amide bonds. The lowest BCUT2D eigenvalue weighted by Crippen LogP contribution is -1.99. The molecule has 3 heterocycles. The highest BCUT2D eigenvalue weighted by Crippen LogP contribution is 2.34. The van der Waals surface area contributed by atoms with Crippen LogP contribution in [0, 0.1) is 0 Å². The quantitative estimate of drug-likeness (QED) is 0.704. The summed E-state index contributed by atoms with van der Waals surface area (Å²) in [4.78, 5) is 19.3. The van der Waals surface area contributed by atoms with E-state index in [1.54, 1.807) is 0 Å². The Bertz CT molecular complexity index is 775. The second-order valence-corrected chi connectivity index (χ2v) is 6.86. The fourth-order valence-electron chi connectivity index (χ4n) is 2.22. The molecule has 0 atom stereocenters. The Hall–Kier alpha value is -1.72. The number of ketones is 1. The van der Waals surface area contributed by atoms with Gasteiger partial charge in [0.15, 0.2) is 0 Å². The number of thiophene rings is 2. The predicted octanol–water partition coefficient (Wildman–Crippen LogP) is 4.51. The van der Waals surface area contributed by atoms with Gasteiger partial charge in [-0.1, -0.05) is 19.4 Å². The monoisotopic (exact) mass is 316 g/mol. The number of hydrogen-bond acceptors (Lipinski definition) is 5. The molecule has 2 N–H and O–H groups in total. The van der Waals surface area contributed by atoms with Crippen LogP contribution in [0.2, 0.25) is 0 Å². The van der Waals surface area contributed by atoms with Gasteiger partial charge < -0.3 is 5.73 Å². The zero-order chi connectivity index (χ0) is 14.8. The number of aryl methyl sites for hydroxylation is 1. The molecular weight excluding hydrogens is 300 g/mol. The third kappa shape index (κ3) is 2.71. The fraction of sp³-hybridized carbons (Fsp3) is 0.250. The molecule has 0 saturated carbocycles. The summed E-state index contributed by atoms with van der Waals surface area (Å²) in [5.74, 6) is 0.000563. The summed E-state index contributed by atoms with van der Waals surface area (Å²) >= 11 is 2.84. The highest BCUT2D eigenvalue weighted by molar-refractivity contribution is 7.22. The summed E-state index contributed by atoms with van der Waals surface area (Å²) in [7, 11) is 0. The van der Waals surface area contributed by atoms with Gasteiger partial charge in [-0.2, -0.15) is 0 Å². The maximum absolute atomic E-state index is 12.5. The van der Waals surface area contributed by atoms with Crippen molar-refractivity contribution < 1.29 is 4.79 Å². The summed E-state index contributed by atoms with van der Waals surface area (Å²) in [6.07, 6.45) is 3.24. The number of nitrogens with zero attached hydrogens (tertiary/aromatic N) is 1. The van der Waals surface area contributed by atoms with Gasteiger partial charge in [0.05, 0.1) is 10.6 Å². The molecule has 0 saturated heterocycles. The van der Waals surface area contributed by atoms with Gasteiger partial charge in [-0.3, -0.25) is 4.79 Å². The van der Waals surface area contributed by atoms with Crippen molar-refractivity contribution in [2.45, 2.75) is 26.2 Å². The molecule has 0 bridgehead atoms. The van der Waals surface area contributed by atoms with Crippen LogP contribution >= 0.6 is 22.7 Å². The van der Waals surface area contributed by atoms with Crippen molar-refractivity contribution in [2.24, 2.45) is 0 Å². The second-order valence-electron chi connectivity index (χ2n) is 4.91. The fourth-order valence-corrected chi connectivity index (χ4v) is 4.02. The van der Waals surface area contributed by atoms with Crippen molar-refractivity contribution in [3.63, 3.8) is 0 Å². The summed E-state index contributed by atoms with van der Waals surface area (Å²) in [5.41, 5.74) is 7.78. The van der Waals surface area contributed by atoms with Crippen LogP contribution in [0.15, 0.2) is 29.6 Å². The molecule has 5 heteroatoms. The van der Waals surface area contributed by atoms with Crippen molar-refractivity contribution in [3.05, 3.63) is 45.1 Å². The first kappa shape index (κ1) is 14.2. The molecule has 3 rings (SSSR count). The zero-order valence-corrected chi connectivity index (χ0v) is 13.4. The topological polar surface area (TPSA) is 56.0 Å². The van der Waals surface area contributed by atoms with Gasteiger partial charge >= 0.3 is 0 Å². The molecule has 3 nitrogen and oxygen atoms in total. The number of pyridine rings is 1. The molecule has 0 spiro atoms. The molecule has 0 unspecified atom stereocenters. The molecule has 3 aromatic heterocycles. The van der Waals surface area contributed by atoms with E-state index in [0.29, 0.717) is 10.6 Å². The summed E-state index contributed by atoms with van der Waals surface area (Å²) in [6.45, 7) is 2.17. The molecule has 0 aromatic carbocycles. The van der Waals surface area contributed by atoms with Crippen LogP contribution in [0.5, 0.6) is 0 Å². The lowest BCUT2D eigenvalue weighted by atomic mass is 10.1. The van der Waals surface area contributed by atoms with E-state index in [2.05, 4.69) is 11.9 Å². The van der Waals surface area contributed by atoms with Crippen LogP contribution in [-0.2, 0) is 6.42 Å². The molecule has 21 heavy (non-hydrogen) atoms. The van der Waals surface area contributed by atoms with E-state index in [1.165, 1.54) is 22.7 Å². The third-order valence-electron chi connectivity index (χ3n) is 3.39. The van der Waals surface area contributed by atoms with Crippen LogP contribution in [-0.4, -0.2) is 10.8 Å². The smallest absolute Gasteiger partial charge is 0.215 e. The highest BCUT2D eigenvalue weighted by atomic mass is 32.1. The van der Waals surface area contributed by atoms with Gasteiger partial charge in [0.1, 0.15) is 9.71 Å². The lowest BCUT2D eigenvalue weighted by molar-refractivity contribution is 0.104. The Morgan fingerprint density at radius 1 is 1.33 bits per heavy atom. The van der Waals surface area contributed by atoms with Crippen LogP contribution in [0.3, 0.4) is 0 Å². The highest BCUT2D eigenvalue weighted by Gasteiger charge is 2.19. The van der Waals surface area contributed by atoms with E-state index in [1.807, 2.05) is 29.6 Å². The van der Waals surface area contributed by atoms with E-state index in [9.17, 15) is 4.79 Å².